The number of hydrogen-bond donors (Lipinski definition) is 3. The van der Waals surface area contributed by atoms with E-state index in [2.05, 4.69) is 10.1 Å². The molecule has 8 heteroatoms. The maximum atomic E-state index is 11.5. The lowest BCUT2D eigenvalue weighted by Crippen LogP contribution is -2.38. The van der Waals surface area contributed by atoms with Crippen molar-refractivity contribution in [2.24, 2.45) is 0 Å². The van der Waals surface area contributed by atoms with Crippen LogP contribution in [0.5, 0.6) is 5.75 Å². The minimum Gasteiger partial charge on any atom is -0.482 e. The van der Waals surface area contributed by atoms with Gasteiger partial charge in [-0.3, -0.25) is 0 Å². The molecule has 1 aromatic carbocycles. The van der Waals surface area contributed by atoms with Crippen molar-refractivity contribution in [1.82, 2.24) is 5.32 Å². The first-order valence-corrected chi connectivity index (χ1v) is 7.75. The summed E-state index contributed by atoms with van der Waals surface area (Å²) in [5, 5.41) is 22.5. The van der Waals surface area contributed by atoms with Crippen LogP contribution in [0.25, 0.3) is 0 Å². The predicted octanol–water partition coefficient (Wildman–Crippen LogP) is 1.16. The first-order chi connectivity index (χ1) is 11.6. The zero-order valence-electron chi connectivity index (χ0n) is 14.8. The normalized spacial score (nSPS) is 13.5. The molecule has 1 rings (SSSR count). The zero-order chi connectivity index (χ0) is 19.0. The van der Waals surface area contributed by atoms with Gasteiger partial charge in [-0.1, -0.05) is 12.1 Å². The second kappa shape index (κ2) is 9.24. The van der Waals surface area contributed by atoms with E-state index in [9.17, 15) is 19.8 Å². The molecule has 0 aliphatic heterocycles. The molecular formula is C17H25NO7. The molecule has 0 heterocycles. The third-order valence-electron chi connectivity index (χ3n) is 3.02. The minimum absolute atomic E-state index is 0.170. The van der Waals surface area contributed by atoms with Gasteiger partial charge in [-0.2, -0.15) is 0 Å². The summed E-state index contributed by atoms with van der Waals surface area (Å²) in [6, 6.07) is 6.20. The van der Waals surface area contributed by atoms with Gasteiger partial charge in [-0.05, 0) is 38.5 Å². The molecule has 1 amide bonds. The van der Waals surface area contributed by atoms with E-state index in [1.165, 1.54) is 7.11 Å². The van der Waals surface area contributed by atoms with Crippen molar-refractivity contribution in [3.8, 4) is 5.75 Å². The average molecular weight is 355 g/mol. The smallest absolute Gasteiger partial charge is 0.407 e. The number of carbonyl (C=O) groups is 2. The van der Waals surface area contributed by atoms with E-state index in [1.54, 1.807) is 45.0 Å². The molecule has 140 valence electrons. The van der Waals surface area contributed by atoms with Crippen LogP contribution in [0.1, 0.15) is 32.4 Å². The summed E-state index contributed by atoms with van der Waals surface area (Å²) in [5.41, 5.74) is -0.211. The summed E-state index contributed by atoms with van der Waals surface area (Å²) < 4.78 is 14.7. The Morgan fingerprint density at radius 2 is 1.76 bits per heavy atom. The summed E-state index contributed by atoms with van der Waals surface area (Å²) in [6.45, 7) is 4.78. The Balaban J connectivity index is 2.51. The molecule has 1 aromatic rings. The number of esters is 1. The highest BCUT2D eigenvalue weighted by atomic mass is 16.6. The van der Waals surface area contributed by atoms with Gasteiger partial charge in [0.25, 0.3) is 0 Å². The average Bonchev–Trinajstić information content (AvgIpc) is 2.55. The number of hydrogen-bond acceptors (Lipinski definition) is 7. The lowest BCUT2D eigenvalue weighted by atomic mass is 10.0. The Morgan fingerprint density at radius 3 is 2.28 bits per heavy atom. The largest absolute Gasteiger partial charge is 0.482 e. The van der Waals surface area contributed by atoms with Crippen LogP contribution in [0.3, 0.4) is 0 Å². The van der Waals surface area contributed by atoms with Crippen LogP contribution in [0, 0.1) is 0 Å². The number of rotatable bonds is 7. The van der Waals surface area contributed by atoms with Crippen LogP contribution >= 0.6 is 0 Å². The third kappa shape index (κ3) is 7.86. The van der Waals surface area contributed by atoms with E-state index in [0.717, 1.165) is 0 Å². The maximum Gasteiger partial charge on any atom is 0.407 e. The molecule has 2 atom stereocenters. The van der Waals surface area contributed by atoms with E-state index in [4.69, 9.17) is 9.47 Å². The van der Waals surface area contributed by atoms with Crippen LogP contribution < -0.4 is 10.1 Å². The SMILES string of the molecule is COC(=O)COc1ccc(C(O)C(O)CNC(=O)OC(C)(C)C)cc1. The van der Waals surface area contributed by atoms with E-state index >= 15 is 0 Å². The van der Waals surface area contributed by atoms with Gasteiger partial charge in [0.15, 0.2) is 6.61 Å². The predicted molar refractivity (Wildman–Crippen MR) is 89.2 cm³/mol. The second-order valence-corrected chi connectivity index (χ2v) is 6.33. The summed E-state index contributed by atoms with van der Waals surface area (Å²) >= 11 is 0. The maximum absolute atomic E-state index is 11.5. The van der Waals surface area contributed by atoms with Gasteiger partial charge in [0.2, 0.25) is 0 Å². The second-order valence-electron chi connectivity index (χ2n) is 6.33. The van der Waals surface area contributed by atoms with Crippen molar-refractivity contribution >= 4 is 12.1 Å². The van der Waals surface area contributed by atoms with Crippen LogP contribution in [-0.2, 0) is 14.3 Å². The molecule has 0 saturated carbocycles. The Labute approximate surface area is 146 Å². The number of benzene rings is 1. The van der Waals surface area contributed by atoms with E-state index in [0.29, 0.717) is 11.3 Å². The van der Waals surface area contributed by atoms with E-state index < -0.39 is 29.9 Å². The number of methoxy groups -OCH3 is 1. The monoisotopic (exact) mass is 355 g/mol. The van der Waals surface area contributed by atoms with Gasteiger partial charge < -0.3 is 29.7 Å². The highest BCUT2D eigenvalue weighted by molar-refractivity contribution is 5.70. The lowest BCUT2D eigenvalue weighted by Gasteiger charge is -2.22. The summed E-state index contributed by atoms with van der Waals surface area (Å²) in [6.07, 6.45) is -3.09. The third-order valence-corrected chi connectivity index (χ3v) is 3.02. The molecule has 0 bridgehead atoms. The molecule has 25 heavy (non-hydrogen) atoms. The van der Waals surface area contributed by atoms with Crippen molar-refractivity contribution < 1.29 is 34.0 Å². The minimum atomic E-state index is -1.21. The highest BCUT2D eigenvalue weighted by Crippen LogP contribution is 2.20. The van der Waals surface area contributed by atoms with Gasteiger partial charge in [0.05, 0.1) is 7.11 Å². The van der Waals surface area contributed by atoms with Gasteiger partial charge >= 0.3 is 12.1 Å². The Kier molecular flexibility index (Phi) is 7.66. The van der Waals surface area contributed by atoms with Crippen LogP contribution in [-0.4, -0.2) is 54.2 Å². The molecule has 0 saturated heterocycles. The number of nitrogens with one attached hydrogen (secondary N) is 1. The standard InChI is InChI=1S/C17H25NO7/c1-17(2,3)25-16(22)18-9-13(19)15(21)11-5-7-12(8-6-11)24-10-14(20)23-4/h5-8,13,15,19,21H,9-10H2,1-4H3,(H,18,22). The molecule has 0 aromatic heterocycles. The molecule has 0 radical (unpaired) electrons. The first-order valence-electron chi connectivity index (χ1n) is 7.75. The summed E-state index contributed by atoms with van der Waals surface area (Å²) in [7, 11) is 1.26. The number of alkyl carbamates (subject to hydrolysis) is 1. The quantitative estimate of drug-likeness (QED) is 0.629. The zero-order valence-corrected chi connectivity index (χ0v) is 14.8. The van der Waals surface area contributed by atoms with Crippen molar-refractivity contribution in [2.45, 2.75) is 38.6 Å². The molecule has 8 nitrogen and oxygen atoms in total. The van der Waals surface area contributed by atoms with Crippen molar-refractivity contribution in [3.63, 3.8) is 0 Å². The number of ether oxygens (including phenoxy) is 3. The molecular weight excluding hydrogens is 330 g/mol. The number of aliphatic hydroxyl groups is 2. The van der Waals surface area contributed by atoms with Gasteiger partial charge in [0, 0.05) is 6.54 Å². The van der Waals surface area contributed by atoms with Crippen molar-refractivity contribution in [3.05, 3.63) is 29.8 Å². The Hall–Kier alpha value is -2.32. The number of carbonyl (C=O) groups excluding carboxylic acids is 2. The molecule has 0 aliphatic rings. The van der Waals surface area contributed by atoms with Crippen LogP contribution in [0.15, 0.2) is 24.3 Å². The Morgan fingerprint density at radius 1 is 1.16 bits per heavy atom. The fraction of sp³-hybridized carbons (Fsp3) is 0.529. The van der Waals surface area contributed by atoms with Gasteiger partial charge in [-0.25, -0.2) is 9.59 Å². The lowest BCUT2D eigenvalue weighted by molar-refractivity contribution is -0.142. The highest BCUT2D eigenvalue weighted by Gasteiger charge is 2.21. The summed E-state index contributed by atoms with van der Waals surface area (Å²) in [5.74, 6) is -0.0875. The fourth-order valence-electron chi connectivity index (χ4n) is 1.80. The first kappa shape index (κ1) is 20.7. The van der Waals surface area contributed by atoms with Crippen LogP contribution in [0.2, 0.25) is 0 Å². The molecule has 0 fully saturated rings. The van der Waals surface area contributed by atoms with Crippen LogP contribution in [0.4, 0.5) is 4.79 Å². The number of aliphatic hydroxyl groups excluding tert-OH is 2. The van der Waals surface area contributed by atoms with Gasteiger partial charge in [-0.15, -0.1) is 0 Å². The fourth-order valence-corrected chi connectivity index (χ4v) is 1.80. The molecule has 0 aliphatic carbocycles. The molecule has 2 unspecified atom stereocenters. The topological polar surface area (TPSA) is 114 Å². The summed E-state index contributed by atoms with van der Waals surface area (Å²) in [4.78, 5) is 22.5. The van der Waals surface area contributed by atoms with Crippen molar-refractivity contribution in [2.75, 3.05) is 20.3 Å². The van der Waals surface area contributed by atoms with Gasteiger partial charge in [0.1, 0.15) is 23.6 Å². The molecule has 3 N–H and O–H groups in total. The van der Waals surface area contributed by atoms with Crippen molar-refractivity contribution in [1.29, 1.82) is 0 Å². The number of amides is 1. The van der Waals surface area contributed by atoms with E-state index in [-0.39, 0.29) is 13.2 Å². The Bertz CT molecular complexity index is 565. The molecule has 0 spiro atoms. The van der Waals surface area contributed by atoms with E-state index in [1.807, 2.05) is 0 Å².